The summed E-state index contributed by atoms with van der Waals surface area (Å²) in [4.78, 5) is 22.6. The van der Waals surface area contributed by atoms with Crippen LogP contribution in [0.4, 0.5) is 11.6 Å². The number of methoxy groups -OCH3 is 1. The molecule has 0 aliphatic rings. The van der Waals surface area contributed by atoms with Crippen LogP contribution in [0, 0.1) is 0 Å². The van der Waals surface area contributed by atoms with Crippen molar-refractivity contribution in [3.05, 3.63) is 54.9 Å². The van der Waals surface area contributed by atoms with Gasteiger partial charge in [-0.15, -0.1) is 5.10 Å². The first kappa shape index (κ1) is 14.6. The molecule has 0 fully saturated rings. The Labute approximate surface area is 132 Å². The monoisotopic (exact) mass is 310 g/mol. The highest BCUT2D eigenvalue weighted by Crippen LogP contribution is 2.23. The van der Waals surface area contributed by atoms with Crippen molar-refractivity contribution >= 4 is 17.5 Å². The molecule has 0 aliphatic heterocycles. The maximum absolute atomic E-state index is 12.9. The van der Waals surface area contributed by atoms with Crippen LogP contribution in [0.2, 0.25) is 0 Å². The van der Waals surface area contributed by atoms with E-state index in [2.05, 4.69) is 20.2 Å². The quantitative estimate of drug-likeness (QED) is 0.727. The maximum atomic E-state index is 12.9. The van der Waals surface area contributed by atoms with Gasteiger partial charge in [-0.25, -0.2) is 14.9 Å². The summed E-state index contributed by atoms with van der Waals surface area (Å²) >= 11 is 0. The Morgan fingerprint density at radius 2 is 2.09 bits per heavy atom. The summed E-state index contributed by atoms with van der Waals surface area (Å²) in [5, 5.41) is 7.82. The molecule has 0 saturated carbocycles. The van der Waals surface area contributed by atoms with Gasteiger partial charge in [0.1, 0.15) is 11.4 Å². The Kier molecular flexibility index (Phi) is 3.96. The predicted octanol–water partition coefficient (Wildman–Crippen LogP) is 1.59. The number of pyridine rings is 1. The van der Waals surface area contributed by atoms with E-state index in [1.165, 1.54) is 24.4 Å². The van der Waals surface area contributed by atoms with Gasteiger partial charge in [-0.2, -0.15) is 5.10 Å². The summed E-state index contributed by atoms with van der Waals surface area (Å²) in [6, 6.07) is 6.65. The highest BCUT2D eigenvalue weighted by Gasteiger charge is 2.24. The number of nitrogens with zero attached hydrogens (tertiary/aromatic N) is 6. The summed E-state index contributed by atoms with van der Waals surface area (Å²) in [7, 11) is 3.36. The van der Waals surface area contributed by atoms with Gasteiger partial charge in [0.25, 0.3) is 5.91 Å². The summed E-state index contributed by atoms with van der Waals surface area (Å²) in [5.41, 5.74) is 0.252. The first-order chi connectivity index (χ1) is 11.2. The molecule has 0 N–H and O–H groups in total. The molecule has 1 amide bonds. The topological polar surface area (TPSA) is 86.0 Å². The van der Waals surface area contributed by atoms with Crippen LogP contribution in [-0.4, -0.2) is 37.7 Å². The molecule has 8 heteroatoms. The van der Waals surface area contributed by atoms with Crippen molar-refractivity contribution < 1.29 is 9.53 Å². The van der Waals surface area contributed by atoms with Crippen LogP contribution >= 0.6 is 0 Å². The largest absolute Gasteiger partial charge is 0.495 e. The lowest BCUT2D eigenvalue weighted by Crippen LogP contribution is -2.28. The zero-order valence-corrected chi connectivity index (χ0v) is 12.6. The van der Waals surface area contributed by atoms with Crippen LogP contribution in [0.15, 0.2) is 49.2 Å². The predicted molar refractivity (Wildman–Crippen MR) is 82.5 cm³/mol. The number of hydrogen-bond donors (Lipinski definition) is 0. The Morgan fingerprint density at radius 3 is 2.65 bits per heavy atom. The fourth-order valence-corrected chi connectivity index (χ4v) is 1.99. The second-order valence-electron chi connectivity index (χ2n) is 4.70. The van der Waals surface area contributed by atoms with Crippen LogP contribution in [0.1, 0.15) is 10.5 Å². The average molecular weight is 310 g/mol. The van der Waals surface area contributed by atoms with Crippen LogP contribution in [-0.2, 0) is 7.05 Å². The summed E-state index contributed by atoms with van der Waals surface area (Å²) < 4.78 is 6.80. The molecule has 0 bridgehead atoms. The molecule has 0 spiro atoms. The number of anilines is 2. The van der Waals surface area contributed by atoms with Crippen molar-refractivity contribution in [2.45, 2.75) is 0 Å². The number of imidazole rings is 1. The van der Waals surface area contributed by atoms with E-state index in [9.17, 15) is 4.79 Å². The number of carbonyl (C=O) groups is 1. The lowest BCUT2D eigenvalue weighted by molar-refractivity contribution is 0.0993. The minimum atomic E-state index is -0.355. The fraction of sp³-hybridized carbons (Fsp3) is 0.133. The number of aromatic nitrogens is 5. The van der Waals surface area contributed by atoms with E-state index in [1.54, 1.807) is 41.4 Å². The second-order valence-corrected chi connectivity index (χ2v) is 4.70. The number of amides is 1. The van der Waals surface area contributed by atoms with Crippen LogP contribution in [0.3, 0.4) is 0 Å². The van der Waals surface area contributed by atoms with E-state index >= 15 is 0 Å². The van der Waals surface area contributed by atoms with Crippen molar-refractivity contribution in [3.8, 4) is 5.75 Å². The molecule has 0 saturated heterocycles. The van der Waals surface area contributed by atoms with E-state index in [0.29, 0.717) is 17.4 Å². The number of rotatable bonds is 4. The minimum absolute atomic E-state index is 0.252. The van der Waals surface area contributed by atoms with E-state index in [0.717, 1.165) is 0 Å². The molecule has 3 aromatic rings. The van der Waals surface area contributed by atoms with Crippen molar-refractivity contribution in [2.24, 2.45) is 7.05 Å². The van der Waals surface area contributed by atoms with E-state index in [-0.39, 0.29) is 11.6 Å². The van der Waals surface area contributed by atoms with Crippen LogP contribution in [0.25, 0.3) is 0 Å². The standard InChI is InChI=1S/C15H14N6O2/c1-20-9-14(17-10-20)21(13-4-3-7-18-19-13)15(22)12-6-5-11(23-2)8-16-12/h3-10H,1-2H3. The highest BCUT2D eigenvalue weighted by molar-refractivity contribution is 6.08. The zero-order valence-electron chi connectivity index (χ0n) is 12.6. The minimum Gasteiger partial charge on any atom is -0.495 e. The zero-order chi connectivity index (χ0) is 16.2. The molecule has 23 heavy (non-hydrogen) atoms. The van der Waals surface area contributed by atoms with Crippen LogP contribution < -0.4 is 9.64 Å². The highest BCUT2D eigenvalue weighted by atomic mass is 16.5. The third-order valence-corrected chi connectivity index (χ3v) is 3.10. The lowest BCUT2D eigenvalue weighted by atomic mass is 10.3. The van der Waals surface area contributed by atoms with Gasteiger partial charge in [0.15, 0.2) is 11.6 Å². The first-order valence-corrected chi connectivity index (χ1v) is 6.79. The number of aryl methyl sites for hydroxylation is 1. The molecule has 0 radical (unpaired) electrons. The molecular formula is C15H14N6O2. The normalized spacial score (nSPS) is 10.3. The first-order valence-electron chi connectivity index (χ1n) is 6.79. The Morgan fingerprint density at radius 1 is 1.22 bits per heavy atom. The lowest BCUT2D eigenvalue weighted by Gasteiger charge is -2.18. The summed E-state index contributed by atoms with van der Waals surface area (Å²) in [5.74, 6) is 1.03. The van der Waals surface area contributed by atoms with Gasteiger partial charge in [-0.1, -0.05) is 0 Å². The molecular weight excluding hydrogens is 296 g/mol. The molecule has 0 aliphatic carbocycles. The van der Waals surface area contributed by atoms with Crippen molar-refractivity contribution in [1.29, 1.82) is 0 Å². The number of ether oxygens (including phenoxy) is 1. The van der Waals surface area contributed by atoms with E-state index in [4.69, 9.17) is 4.74 Å². The summed E-state index contributed by atoms with van der Waals surface area (Å²) in [6.45, 7) is 0. The van der Waals surface area contributed by atoms with Crippen molar-refractivity contribution in [3.63, 3.8) is 0 Å². The van der Waals surface area contributed by atoms with Gasteiger partial charge >= 0.3 is 0 Å². The third kappa shape index (κ3) is 3.00. The molecule has 8 nitrogen and oxygen atoms in total. The maximum Gasteiger partial charge on any atom is 0.283 e. The Hall–Kier alpha value is -3.29. The molecule has 0 aromatic carbocycles. The molecule has 3 rings (SSSR count). The molecule has 0 unspecified atom stereocenters. The van der Waals surface area contributed by atoms with Gasteiger partial charge in [0, 0.05) is 19.4 Å². The summed E-state index contributed by atoms with van der Waals surface area (Å²) in [6.07, 6.45) is 6.35. The molecule has 3 aromatic heterocycles. The van der Waals surface area contributed by atoms with Gasteiger partial charge in [0.05, 0.1) is 19.6 Å². The van der Waals surface area contributed by atoms with Crippen molar-refractivity contribution in [1.82, 2.24) is 24.7 Å². The van der Waals surface area contributed by atoms with Crippen LogP contribution in [0.5, 0.6) is 5.75 Å². The van der Waals surface area contributed by atoms with Gasteiger partial charge in [-0.05, 0) is 24.3 Å². The smallest absolute Gasteiger partial charge is 0.283 e. The Balaban J connectivity index is 2.02. The number of hydrogen-bond acceptors (Lipinski definition) is 6. The molecule has 0 atom stereocenters. The Bertz CT molecular complexity index is 800. The van der Waals surface area contributed by atoms with E-state index < -0.39 is 0 Å². The number of carbonyl (C=O) groups excluding carboxylic acids is 1. The molecule has 116 valence electrons. The molecule has 3 heterocycles. The van der Waals surface area contributed by atoms with Gasteiger partial charge in [0.2, 0.25) is 0 Å². The van der Waals surface area contributed by atoms with Gasteiger partial charge < -0.3 is 9.30 Å². The van der Waals surface area contributed by atoms with E-state index in [1.807, 2.05) is 7.05 Å². The van der Waals surface area contributed by atoms with Crippen molar-refractivity contribution in [2.75, 3.05) is 12.0 Å². The second kappa shape index (κ2) is 6.22. The fourth-order valence-electron chi connectivity index (χ4n) is 1.99. The van der Waals surface area contributed by atoms with Gasteiger partial charge in [-0.3, -0.25) is 4.79 Å². The average Bonchev–Trinajstić information content (AvgIpc) is 3.02. The SMILES string of the molecule is COc1ccc(C(=O)N(c2cn(C)cn2)c2cccnn2)nc1. The third-order valence-electron chi connectivity index (χ3n) is 3.10.